The summed E-state index contributed by atoms with van der Waals surface area (Å²) in [4.78, 5) is 0.648. The van der Waals surface area contributed by atoms with Gasteiger partial charge in [0.05, 0.1) is 11.1 Å². The maximum absolute atomic E-state index is 10.1. The topological polar surface area (TPSA) is 59.2 Å². The van der Waals surface area contributed by atoms with Gasteiger partial charge in [-0.05, 0) is 35.8 Å². The Balaban J connectivity index is 2.06. The molecule has 0 radical (unpaired) electrons. The Hall–Kier alpha value is -1.43. The van der Waals surface area contributed by atoms with Crippen molar-refractivity contribution in [2.24, 2.45) is 0 Å². The molecule has 1 atom stereocenters. The third kappa shape index (κ3) is 1.93. The molecule has 0 aliphatic carbocycles. The van der Waals surface area contributed by atoms with E-state index in [1.807, 2.05) is 0 Å². The van der Waals surface area contributed by atoms with Crippen molar-refractivity contribution < 1.29 is 9.52 Å². The molecule has 86 valence electrons. The fraction of sp³-hybridized carbons (Fsp3) is 0.0909. The molecule has 1 aromatic carbocycles. The summed E-state index contributed by atoms with van der Waals surface area (Å²) in [6.07, 6.45) is 0.691. The van der Waals surface area contributed by atoms with Crippen molar-refractivity contribution in [3.63, 3.8) is 0 Å². The summed E-state index contributed by atoms with van der Waals surface area (Å²) in [6.45, 7) is 0. The van der Waals surface area contributed by atoms with Gasteiger partial charge in [0.1, 0.15) is 17.4 Å². The molecular weight excluding hydrogens is 260 g/mol. The number of aromatic nitrogens is 2. The second kappa shape index (κ2) is 4.10. The highest BCUT2D eigenvalue weighted by Crippen LogP contribution is 2.30. The maximum atomic E-state index is 10.1. The number of nitrogens with zero attached hydrogens (tertiary/aromatic N) is 2. The summed E-state index contributed by atoms with van der Waals surface area (Å²) < 4.78 is 9.26. The molecule has 3 aromatic rings. The van der Waals surface area contributed by atoms with Gasteiger partial charge in [0, 0.05) is 10.4 Å². The molecule has 0 saturated heterocycles. The number of aliphatic hydroxyl groups is 1. The molecule has 6 heteroatoms. The van der Waals surface area contributed by atoms with E-state index in [2.05, 4.69) is 9.59 Å². The number of aliphatic hydroxyl groups excluding tert-OH is 1. The number of hydrogen-bond acceptors (Lipinski definition) is 5. The summed E-state index contributed by atoms with van der Waals surface area (Å²) in [5.74, 6) is 0.466. The summed E-state index contributed by atoms with van der Waals surface area (Å²) in [5, 5.41) is 15.2. The van der Waals surface area contributed by atoms with Crippen molar-refractivity contribution in [1.29, 1.82) is 0 Å². The van der Waals surface area contributed by atoms with Gasteiger partial charge in [-0.1, -0.05) is 16.1 Å². The molecule has 0 spiro atoms. The van der Waals surface area contributed by atoms with Crippen LogP contribution in [-0.4, -0.2) is 14.7 Å². The van der Waals surface area contributed by atoms with Gasteiger partial charge in [-0.15, -0.1) is 5.10 Å². The Kier molecular flexibility index (Phi) is 2.58. The minimum atomic E-state index is -0.832. The highest BCUT2D eigenvalue weighted by atomic mass is 35.5. The van der Waals surface area contributed by atoms with E-state index in [1.54, 1.807) is 24.3 Å². The average molecular weight is 267 g/mol. The first-order chi connectivity index (χ1) is 8.24. The predicted molar refractivity (Wildman–Crippen MR) is 65.2 cm³/mol. The van der Waals surface area contributed by atoms with E-state index in [0.717, 1.165) is 16.9 Å². The Morgan fingerprint density at radius 2 is 2.24 bits per heavy atom. The number of fused-ring (bicyclic) bond motifs is 1. The molecule has 0 aliphatic heterocycles. The molecule has 2 heterocycles. The first-order valence-corrected chi connectivity index (χ1v) is 6.03. The van der Waals surface area contributed by atoms with Crippen molar-refractivity contribution in [2.75, 3.05) is 0 Å². The molecule has 0 amide bonds. The second-order valence-corrected chi connectivity index (χ2v) is 4.81. The number of benzene rings is 1. The number of hydrogen-bond donors (Lipinski definition) is 1. The van der Waals surface area contributed by atoms with Crippen LogP contribution in [-0.2, 0) is 0 Å². The first kappa shape index (κ1) is 10.7. The van der Waals surface area contributed by atoms with E-state index in [1.165, 1.54) is 6.20 Å². The van der Waals surface area contributed by atoms with Crippen molar-refractivity contribution in [1.82, 2.24) is 9.59 Å². The van der Waals surface area contributed by atoms with Crippen molar-refractivity contribution in [3.8, 4) is 0 Å². The lowest BCUT2D eigenvalue weighted by Gasteiger charge is -2.01. The molecule has 1 N–H and O–H groups in total. The fourth-order valence-corrected chi connectivity index (χ4v) is 2.28. The van der Waals surface area contributed by atoms with Crippen LogP contribution >= 0.6 is 23.1 Å². The van der Waals surface area contributed by atoms with E-state index >= 15 is 0 Å². The van der Waals surface area contributed by atoms with Gasteiger partial charge >= 0.3 is 0 Å². The third-order valence-electron chi connectivity index (χ3n) is 2.41. The molecule has 2 aromatic heterocycles. The van der Waals surface area contributed by atoms with Crippen LogP contribution in [0.5, 0.6) is 0 Å². The minimum Gasteiger partial charge on any atom is -0.458 e. The van der Waals surface area contributed by atoms with E-state index in [4.69, 9.17) is 16.0 Å². The van der Waals surface area contributed by atoms with Crippen LogP contribution in [0.25, 0.3) is 11.0 Å². The van der Waals surface area contributed by atoms with Crippen molar-refractivity contribution in [2.45, 2.75) is 6.10 Å². The lowest BCUT2D eigenvalue weighted by molar-refractivity contribution is 0.195. The molecule has 0 fully saturated rings. The smallest absolute Gasteiger partial charge is 0.149 e. The Labute approximate surface area is 106 Å². The van der Waals surface area contributed by atoms with Crippen molar-refractivity contribution in [3.05, 3.63) is 46.1 Å². The monoisotopic (exact) mass is 266 g/mol. The molecule has 1 unspecified atom stereocenters. The van der Waals surface area contributed by atoms with Gasteiger partial charge in [0.25, 0.3) is 0 Å². The molecule has 4 nitrogen and oxygen atoms in total. The Morgan fingerprint density at radius 1 is 1.35 bits per heavy atom. The number of halogens is 1. The predicted octanol–water partition coefficient (Wildman–Crippen LogP) is 3.02. The van der Waals surface area contributed by atoms with Gasteiger partial charge in [0.2, 0.25) is 0 Å². The highest BCUT2D eigenvalue weighted by molar-refractivity contribution is 7.05. The summed E-state index contributed by atoms with van der Waals surface area (Å²) >= 11 is 7.03. The van der Waals surface area contributed by atoms with Gasteiger partial charge in [-0.25, -0.2) is 0 Å². The normalized spacial score (nSPS) is 13.1. The third-order valence-corrected chi connectivity index (χ3v) is 3.37. The van der Waals surface area contributed by atoms with Gasteiger partial charge in [-0.2, -0.15) is 0 Å². The molecular formula is C11H7ClN2O2S. The van der Waals surface area contributed by atoms with E-state index in [9.17, 15) is 5.11 Å². The van der Waals surface area contributed by atoms with Crippen LogP contribution in [0, 0.1) is 0 Å². The second-order valence-electron chi connectivity index (χ2n) is 3.55. The molecule has 0 saturated carbocycles. The zero-order valence-electron chi connectivity index (χ0n) is 8.50. The lowest BCUT2D eigenvalue weighted by Crippen LogP contribution is -1.94. The standard InChI is InChI=1S/C11H7ClN2O2S/c12-7-1-2-8-6(3-7)4-9(16-8)11(15)10-5-13-14-17-10/h1-5,11,15H. The fourth-order valence-electron chi connectivity index (χ4n) is 1.60. The van der Waals surface area contributed by atoms with E-state index in [0.29, 0.717) is 21.2 Å². The van der Waals surface area contributed by atoms with Gasteiger partial charge < -0.3 is 9.52 Å². The summed E-state index contributed by atoms with van der Waals surface area (Å²) in [7, 11) is 0. The zero-order chi connectivity index (χ0) is 11.8. The number of furan rings is 1. The maximum Gasteiger partial charge on any atom is 0.149 e. The largest absolute Gasteiger partial charge is 0.458 e. The zero-order valence-corrected chi connectivity index (χ0v) is 10.1. The van der Waals surface area contributed by atoms with Gasteiger partial charge in [-0.3, -0.25) is 0 Å². The molecule has 17 heavy (non-hydrogen) atoms. The Bertz CT molecular complexity index is 651. The SMILES string of the molecule is OC(c1cc2cc(Cl)ccc2o1)c1cnns1. The summed E-state index contributed by atoms with van der Waals surface area (Å²) in [6, 6.07) is 7.09. The molecule has 3 rings (SSSR count). The van der Waals surface area contributed by atoms with Crippen LogP contribution in [0.2, 0.25) is 5.02 Å². The average Bonchev–Trinajstić information content (AvgIpc) is 2.96. The first-order valence-electron chi connectivity index (χ1n) is 4.88. The molecule has 0 aliphatic rings. The van der Waals surface area contributed by atoms with E-state index in [-0.39, 0.29) is 0 Å². The Morgan fingerprint density at radius 3 is 3.00 bits per heavy atom. The van der Waals surface area contributed by atoms with Crippen LogP contribution in [0.3, 0.4) is 0 Å². The van der Waals surface area contributed by atoms with Crippen molar-refractivity contribution >= 4 is 34.1 Å². The molecule has 0 bridgehead atoms. The van der Waals surface area contributed by atoms with Crippen LogP contribution in [0.15, 0.2) is 34.9 Å². The minimum absolute atomic E-state index is 0.466. The highest BCUT2D eigenvalue weighted by Gasteiger charge is 2.17. The van der Waals surface area contributed by atoms with Crippen LogP contribution < -0.4 is 0 Å². The quantitative estimate of drug-likeness (QED) is 0.775. The van der Waals surface area contributed by atoms with Crippen LogP contribution in [0.1, 0.15) is 16.7 Å². The van der Waals surface area contributed by atoms with Crippen LogP contribution in [0.4, 0.5) is 0 Å². The lowest BCUT2D eigenvalue weighted by atomic mass is 10.2. The van der Waals surface area contributed by atoms with E-state index < -0.39 is 6.10 Å². The van der Waals surface area contributed by atoms with Gasteiger partial charge in [0.15, 0.2) is 0 Å². The summed E-state index contributed by atoms with van der Waals surface area (Å²) in [5.41, 5.74) is 0.695. The number of rotatable bonds is 2.